The lowest BCUT2D eigenvalue weighted by Gasteiger charge is -2.25. The quantitative estimate of drug-likeness (QED) is 0.229. The van der Waals surface area contributed by atoms with E-state index < -0.39 is 6.04 Å². The third-order valence-electron chi connectivity index (χ3n) is 6.40. The summed E-state index contributed by atoms with van der Waals surface area (Å²) in [5.41, 5.74) is 1.88. The lowest BCUT2D eigenvalue weighted by atomic mass is 9.98. The molecule has 190 valence electrons. The smallest absolute Gasteiger partial charge is 0.295 e. The molecule has 1 aliphatic rings. The van der Waals surface area contributed by atoms with Crippen LogP contribution in [0.5, 0.6) is 11.5 Å². The van der Waals surface area contributed by atoms with E-state index in [9.17, 15) is 9.59 Å². The van der Waals surface area contributed by atoms with Gasteiger partial charge >= 0.3 is 0 Å². The van der Waals surface area contributed by atoms with Gasteiger partial charge in [-0.3, -0.25) is 14.5 Å². The van der Waals surface area contributed by atoms with E-state index in [1.54, 1.807) is 23.1 Å². The Balaban J connectivity index is 1.65. The minimum Gasteiger partial charge on any atom is -0.494 e. The Kier molecular flexibility index (Phi) is 7.07. The number of halogens is 1. The summed E-state index contributed by atoms with van der Waals surface area (Å²) in [6.45, 7) is 7.35. The monoisotopic (exact) mass is 561 g/mol. The summed E-state index contributed by atoms with van der Waals surface area (Å²) in [5.74, 6) is 1.62. The van der Waals surface area contributed by atoms with E-state index in [2.05, 4.69) is 29.8 Å². The van der Waals surface area contributed by atoms with E-state index in [1.807, 2.05) is 55.5 Å². The number of hydrogen-bond donors (Lipinski definition) is 0. The largest absolute Gasteiger partial charge is 0.494 e. The van der Waals surface area contributed by atoms with Crippen LogP contribution in [0.15, 0.2) is 80.4 Å². The molecule has 0 aliphatic carbocycles. The molecule has 1 amide bonds. The Hall–Kier alpha value is -3.58. The van der Waals surface area contributed by atoms with Gasteiger partial charge in [0.2, 0.25) is 5.76 Å². The van der Waals surface area contributed by atoms with E-state index in [1.165, 1.54) is 0 Å². The number of benzene rings is 3. The first kappa shape index (κ1) is 25.1. The standard InChI is InChI=1S/C30H28BrNO5/c1-4-35-22-11-9-21(10-12-22)32-27(19-6-5-7-23(16-19)36-15-14-18(2)3)26-28(33)24-17-20(31)8-13-25(24)37-29(26)30(32)34/h5-13,16-18,27H,4,14-15H2,1-3H3. The molecule has 7 heteroatoms. The summed E-state index contributed by atoms with van der Waals surface area (Å²) in [4.78, 5) is 29.3. The third-order valence-corrected chi connectivity index (χ3v) is 6.89. The average Bonchev–Trinajstić information content (AvgIpc) is 3.18. The van der Waals surface area contributed by atoms with Gasteiger partial charge in [0.05, 0.1) is 30.2 Å². The number of carbonyl (C=O) groups excluding carboxylic acids is 1. The lowest BCUT2D eigenvalue weighted by Crippen LogP contribution is -2.29. The third kappa shape index (κ3) is 4.88. The van der Waals surface area contributed by atoms with Gasteiger partial charge in [0.1, 0.15) is 17.1 Å². The summed E-state index contributed by atoms with van der Waals surface area (Å²) in [5, 5.41) is 0.420. The van der Waals surface area contributed by atoms with E-state index in [4.69, 9.17) is 13.9 Å². The molecule has 1 aliphatic heterocycles. The normalized spacial score (nSPS) is 14.9. The van der Waals surface area contributed by atoms with Crippen LogP contribution in [0.2, 0.25) is 0 Å². The second-order valence-electron chi connectivity index (χ2n) is 9.42. The second kappa shape index (κ2) is 10.4. The number of nitrogens with zero attached hydrogens (tertiary/aromatic N) is 1. The fraction of sp³-hybridized carbons (Fsp3) is 0.267. The molecule has 0 saturated heterocycles. The summed E-state index contributed by atoms with van der Waals surface area (Å²) < 4.78 is 18.4. The van der Waals surface area contributed by atoms with Crippen molar-refractivity contribution in [1.29, 1.82) is 0 Å². The molecule has 0 bridgehead atoms. The van der Waals surface area contributed by atoms with E-state index in [-0.39, 0.29) is 17.1 Å². The van der Waals surface area contributed by atoms with Crippen LogP contribution >= 0.6 is 15.9 Å². The van der Waals surface area contributed by atoms with Gasteiger partial charge in [-0.2, -0.15) is 0 Å². The molecule has 0 saturated carbocycles. The molecular formula is C30H28BrNO5. The van der Waals surface area contributed by atoms with E-state index in [0.717, 1.165) is 16.5 Å². The first-order chi connectivity index (χ1) is 17.9. The molecule has 0 fully saturated rings. The summed E-state index contributed by atoms with van der Waals surface area (Å²) in [6, 6.07) is 19.4. The number of carbonyl (C=O) groups is 1. The van der Waals surface area contributed by atoms with Crippen molar-refractivity contribution in [3.05, 3.63) is 98.3 Å². The fourth-order valence-corrected chi connectivity index (χ4v) is 4.94. The number of amides is 1. The highest BCUT2D eigenvalue weighted by atomic mass is 79.9. The highest BCUT2D eigenvalue weighted by Crippen LogP contribution is 2.42. The summed E-state index contributed by atoms with van der Waals surface area (Å²) >= 11 is 3.44. The van der Waals surface area contributed by atoms with Crippen LogP contribution in [0.25, 0.3) is 11.0 Å². The van der Waals surface area contributed by atoms with Crippen LogP contribution < -0.4 is 19.8 Å². The topological polar surface area (TPSA) is 69.0 Å². The van der Waals surface area contributed by atoms with E-state index >= 15 is 0 Å². The molecule has 2 heterocycles. The predicted octanol–water partition coefficient (Wildman–Crippen LogP) is 7.13. The molecule has 1 aromatic heterocycles. The number of anilines is 1. The zero-order valence-electron chi connectivity index (χ0n) is 21.0. The van der Waals surface area contributed by atoms with Gasteiger partial charge in [-0.15, -0.1) is 0 Å². The van der Waals surface area contributed by atoms with Gasteiger partial charge < -0.3 is 13.9 Å². The maximum atomic E-state index is 13.8. The number of hydrogen-bond acceptors (Lipinski definition) is 5. The molecule has 5 rings (SSSR count). The minimum atomic E-state index is -0.672. The highest BCUT2D eigenvalue weighted by molar-refractivity contribution is 9.10. The SMILES string of the molecule is CCOc1ccc(N2C(=O)c3oc4ccc(Br)cc4c(=O)c3C2c2cccc(OCCC(C)C)c2)cc1. The first-order valence-electron chi connectivity index (χ1n) is 12.4. The van der Waals surface area contributed by atoms with Crippen LogP contribution in [0.4, 0.5) is 5.69 Å². The zero-order chi connectivity index (χ0) is 26.1. The van der Waals surface area contributed by atoms with Crippen molar-refractivity contribution in [2.24, 2.45) is 5.92 Å². The van der Waals surface area contributed by atoms with Gasteiger partial charge in [-0.1, -0.05) is 41.9 Å². The maximum absolute atomic E-state index is 13.8. The summed E-state index contributed by atoms with van der Waals surface area (Å²) in [7, 11) is 0. The van der Waals surface area contributed by atoms with Gasteiger partial charge in [0.15, 0.2) is 5.43 Å². The van der Waals surface area contributed by atoms with Crippen molar-refractivity contribution in [2.45, 2.75) is 33.2 Å². The van der Waals surface area contributed by atoms with Crippen molar-refractivity contribution in [2.75, 3.05) is 18.1 Å². The van der Waals surface area contributed by atoms with E-state index in [0.29, 0.717) is 52.9 Å². The number of ether oxygens (including phenoxy) is 2. The first-order valence-corrected chi connectivity index (χ1v) is 13.2. The molecule has 37 heavy (non-hydrogen) atoms. The van der Waals surface area contributed by atoms with Crippen LogP contribution in [0.1, 0.15) is 54.9 Å². The van der Waals surface area contributed by atoms with Crippen molar-refractivity contribution in [3.8, 4) is 11.5 Å². The van der Waals surface area contributed by atoms with Gasteiger partial charge in [-0.05, 0) is 79.4 Å². The van der Waals surface area contributed by atoms with Crippen LogP contribution in [0, 0.1) is 5.92 Å². The second-order valence-corrected chi connectivity index (χ2v) is 10.3. The molecular weight excluding hydrogens is 534 g/mol. The Morgan fingerprint density at radius 3 is 2.49 bits per heavy atom. The molecule has 4 aromatic rings. The van der Waals surface area contributed by atoms with Crippen LogP contribution in [-0.4, -0.2) is 19.1 Å². The van der Waals surface area contributed by atoms with Crippen LogP contribution in [0.3, 0.4) is 0 Å². The number of fused-ring (bicyclic) bond motifs is 2. The Morgan fingerprint density at radius 2 is 1.76 bits per heavy atom. The van der Waals surface area contributed by atoms with Gasteiger partial charge in [0.25, 0.3) is 5.91 Å². The molecule has 0 spiro atoms. The molecule has 3 aromatic carbocycles. The summed E-state index contributed by atoms with van der Waals surface area (Å²) in [6.07, 6.45) is 0.928. The maximum Gasteiger partial charge on any atom is 0.295 e. The highest BCUT2D eigenvalue weighted by Gasteiger charge is 2.43. The zero-order valence-corrected chi connectivity index (χ0v) is 22.6. The van der Waals surface area contributed by atoms with Gasteiger partial charge in [0, 0.05) is 10.2 Å². The Morgan fingerprint density at radius 1 is 0.973 bits per heavy atom. The molecule has 0 N–H and O–H groups in total. The Bertz CT molecular complexity index is 1510. The van der Waals surface area contributed by atoms with Crippen molar-refractivity contribution in [1.82, 2.24) is 0 Å². The van der Waals surface area contributed by atoms with Crippen molar-refractivity contribution >= 4 is 38.5 Å². The minimum absolute atomic E-state index is 0.0600. The Labute approximate surface area is 223 Å². The lowest BCUT2D eigenvalue weighted by molar-refractivity contribution is 0.0971. The molecule has 1 unspecified atom stereocenters. The van der Waals surface area contributed by atoms with Crippen molar-refractivity contribution in [3.63, 3.8) is 0 Å². The fourth-order valence-electron chi connectivity index (χ4n) is 4.58. The molecule has 0 radical (unpaired) electrons. The van der Waals surface area contributed by atoms with Crippen molar-refractivity contribution < 1.29 is 18.7 Å². The predicted molar refractivity (Wildman–Crippen MR) is 148 cm³/mol. The van der Waals surface area contributed by atoms with Crippen LogP contribution in [-0.2, 0) is 0 Å². The number of rotatable bonds is 8. The molecule has 6 nitrogen and oxygen atoms in total. The average molecular weight is 562 g/mol. The molecule has 1 atom stereocenters. The van der Waals surface area contributed by atoms with Gasteiger partial charge in [-0.25, -0.2) is 0 Å².